The van der Waals surface area contributed by atoms with Gasteiger partial charge in [0.05, 0.1) is 0 Å². The Kier molecular flexibility index (Phi) is 2.19. The summed E-state index contributed by atoms with van der Waals surface area (Å²) >= 11 is 0. The second-order valence-corrected chi connectivity index (χ2v) is 3.09. The molecule has 2 aromatic heterocycles. The number of nitrogens with zero attached hydrogens (tertiary/aromatic N) is 2. The molecular formula is C12H12N2. The van der Waals surface area contributed by atoms with Crippen LogP contribution in [0.4, 0.5) is 0 Å². The Labute approximate surface area is 83.2 Å². The summed E-state index contributed by atoms with van der Waals surface area (Å²) in [5.74, 6) is 0. The molecule has 0 aromatic carbocycles. The highest BCUT2D eigenvalue weighted by Crippen LogP contribution is 2.18. The minimum Gasteiger partial charge on any atom is -0.322 e. The maximum Gasteiger partial charge on any atom is 0.140 e. The van der Waals surface area contributed by atoms with Crippen LogP contribution >= 0.6 is 0 Å². The van der Waals surface area contributed by atoms with Crippen LogP contribution in [0.1, 0.15) is 5.69 Å². The van der Waals surface area contributed by atoms with E-state index in [1.54, 1.807) is 6.20 Å². The Hall–Kier alpha value is -1.83. The zero-order valence-electron chi connectivity index (χ0n) is 7.98. The third-order valence-corrected chi connectivity index (χ3v) is 2.21. The molecule has 2 aromatic rings. The standard InChI is InChI=1S/C12H12N2/c1-3-8-14-11(4-2)9-10-6-5-7-13-12(10)14/h3-7,9H,1-2,8H2. The lowest BCUT2D eigenvalue weighted by molar-refractivity contribution is 0.842. The Morgan fingerprint density at radius 3 is 3.00 bits per heavy atom. The van der Waals surface area contributed by atoms with Crippen LogP contribution in [0.3, 0.4) is 0 Å². The first-order valence-corrected chi connectivity index (χ1v) is 4.54. The third-order valence-electron chi connectivity index (χ3n) is 2.21. The van der Waals surface area contributed by atoms with Gasteiger partial charge in [-0.15, -0.1) is 6.58 Å². The molecule has 0 saturated carbocycles. The largest absolute Gasteiger partial charge is 0.322 e. The monoisotopic (exact) mass is 184 g/mol. The molecule has 0 N–H and O–H groups in total. The number of rotatable bonds is 3. The minimum absolute atomic E-state index is 0.766. The van der Waals surface area contributed by atoms with E-state index in [4.69, 9.17) is 0 Å². The van der Waals surface area contributed by atoms with Gasteiger partial charge in [0.15, 0.2) is 0 Å². The lowest BCUT2D eigenvalue weighted by atomic mass is 10.3. The summed E-state index contributed by atoms with van der Waals surface area (Å²) < 4.78 is 2.09. The van der Waals surface area contributed by atoms with Gasteiger partial charge < -0.3 is 4.57 Å². The summed E-state index contributed by atoms with van der Waals surface area (Å²) in [4.78, 5) is 4.34. The van der Waals surface area contributed by atoms with Gasteiger partial charge in [0, 0.05) is 23.8 Å². The zero-order valence-corrected chi connectivity index (χ0v) is 7.98. The first-order valence-electron chi connectivity index (χ1n) is 4.54. The van der Waals surface area contributed by atoms with Gasteiger partial charge in [0.2, 0.25) is 0 Å². The maximum atomic E-state index is 4.34. The minimum atomic E-state index is 0.766. The molecule has 2 heteroatoms. The van der Waals surface area contributed by atoms with Gasteiger partial charge in [-0.25, -0.2) is 4.98 Å². The van der Waals surface area contributed by atoms with Crippen molar-refractivity contribution in [2.45, 2.75) is 6.54 Å². The van der Waals surface area contributed by atoms with E-state index in [1.165, 1.54) is 0 Å². The molecule has 0 aliphatic heterocycles. The molecule has 2 nitrogen and oxygen atoms in total. The van der Waals surface area contributed by atoms with Gasteiger partial charge in [-0.05, 0) is 24.3 Å². The van der Waals surface area contributed by atoms with Crippen LogP contribution in [0, 0.1) is 0 Å². The summed E-state index contributed by atoms with van der Waals surface area (Å²) in [5.41, 5.74) is 2.07. The molecule has 0 amide bonds. The number of allylic oxidation sites excluding steroid dienone is 1. The number of fused-ring (bicyclic) bond motifs is 1. The molecule has 0 unspecified atom stereocenters. The van der Waals surface area contributed by atoms with Crippen molar-refractivity contribution < 1.29 is 0 Å². The maximum absolute atomic E-state index is 4.34. The van der Waals surface area contributed by atoms with Gasteiger partial charge in [-0.1, -0.05) is 12.7 Å². The fraction of sp³-hybridized carbons (Fsp3) is 0.0833. The third kappa shape index (κ3) is 1.25. The number of hydrogen-bond acceptors (Lipinski definition) is 1. The molecule has 0 atom stereocenters. The predicted molar refractivity (Wildman–Crippen MR) is 60.0 cm³/mol. The topological polar surface area (TPSA) is 17.8 Å². The van der Waals surface area contributed by atoms with Crippen molar-refractivity contribution in [1.29, 1.82) is 0 Å². The van der Waals surface area contributed by atoms with Crippen LogP contribution in [0.25, 0.3) is 17.1 Å². The van der Waals surface area contributed by atoms with E-state index in [1.807, 2.05) is 18.2 Å². The molecule has 14 heavy (non-hydrogen) atoms. The van der Waals surface area contributed by atoms with Crippen LogP contribution in [0.15, 0.2) is 43.6 Å². The average molecular weight is 184 g/mol. The van der Waals surface area contributed by atoms with E-state index >= 15 is 0 Å². The quantitative estimate of drug-likeness (QED) is 0.671. The summed E-state index contributed by atoms with van der Waals surface area (Å²) in [5, 5.41) is 1.14. The highest BCUT2D eigenvalue weighted by molar-refractivity contribution is 5.80. The lowest BCUT2D eigenvalue weighted by Crippen LogP contribution is -1.97. The van der Waals surface area contributed by atoms with Crippen molar-refractivity contribution in [2.24, 2.45) is 0 Å². The first-order chi connectivity index (χ1) is 6.86. The van der Waals surface area contributed by atoms with E-state index in [2.05, 4.69) is 34.8 Å². The molecule has 0 radical (unpaired) electrons. The van der Waals surface area contributed by atoms with E-state index in [9.17, 15) is 0 Å². The number of aromatic nitrogens is 2. The summed E-state index contributed by atoms with van der Waals surface area (Å²) in [6.45, 7) is 8.29. The van der Waals surface area contributed by atoms with Gasteiger partial charge in [-0.2, -0.15) is 0 Å². The van der Waals surface area contributed by atoms with Crippen molar-refractivity contribution in [3.8, 4) is 0 Å². The fourth-order valence-corrected chi connectivity index (χ4v) is 1.60. The summed E-state index contributed by atoms with van der Waals surface area (Å²) in [6.07, 6.45) is 5.50. The Balaban J connectivity index is 2.73. The molecule has 70 valence electrons. The molecule has 2 heterocycles. The van der Waals surface area contributed by atoms with Crippen LogP contribution in [0.2, 0.25) is 0 Å². The van der Waals surface area contributed by atoms with Gasteiger partial charge >= 0.3 is 0 Å². The van der Waals surface area contributed by atoms with E-state index in [0.29, 0.717) is 0 Å². The van der Waals surface area contributed by atoms with Crippen LogP contribution < -0.4 is 0 Å². The Bertz CT molecular complexity index is 480. The van der Waals surface area contributed by atoms with Gasteiger partial charge in [-0.3, -0.25) is 0 Å². The normalized spacial score (nSPS) is 10.3. The van der Waals surface area contributed by atoms with Crippen molar-refractivity contribution in [2.75, 3.05) is 0 Å². The zero-order chi connectivity index (χ0) is 9.97. The van der Waals surface area contributed by atoms with Crippen LogP contribution in [0.5, 0.6) is 0 Å². The summed E-state index contributed by atoms with van der Waals surface area (Å²) in [7, 11) is 0. The number of hydrogen-bond donors (Lipinski definition) is 0. The van der Waals surface area contributed by atoms with Crippen molar-refractivity contribution in [3.05, 3.63) is 49.3 Å². The van der Waals surface area contributed by atoms with Gasteiger partial charge in [0.1, 0.15) is 5.65 Å². The number of pyridine rings is 1. The van der Waals surface area contributed by atoms with Crippen molar-refractivity contribution >= 4 is 17.1 Å². The second-order valence-electron chi connectivity index (χ2n) is 3.09. The predicted octanol–water partition coefficient (Wildman–Crippen LogP) is 2.87. The average Bonchev–Trinajstić information content (AvgIpc) is 2.58. The molecule has 0 bridgehead atoms. The Morgan fingerprint density at radius 2 is 2.29 bits per heavy atom. The van der Waals surface area contributed by atoms with Crippen molar-refractivity contribution in [3.63, 3.8) is 0 Å². The second kappa shape index (κ2) is 3.50. The lowest BCUT2D eigenvalue weighted by Gasteiger charge is -2.02. The SMILES string of the molecule is C=CCn1c(C=C)cc2cccnc21. The molecular weight excluding hydrogens is 172 g/mol. The molecule has 0 spiro atoms. The van der Waals surface area contributed by atoms with E-state index in [-0.39, 0.29) is 0 Å². The van der Waals surface area contributed by atoms with Gasteiger partial charge in [0.25, 0.3) is 0 Å². The van der Waals surface area contributed by atoms with Crippen LogP contribution in [-0.4, -0.2) is 9.55 Å². The smallest absolute Gasteiger partial charge is 0.140 e. The molecule has 0 fully saturated rings. The molecule has 2 rings (SSSR count). The highest BCUT2D eigenvalue weighted by Gasteiger charge is 2.04. The fourth-order valence-electron chi connectivity index (χ4n) is 1.60. The van der Waals surface area contributed by atoms with Crippen molar-refractivity contribution in [1.82, 2.24) is 9.55 Å². The summed E-state index contributed by atoms with van der Waals surface area (Å²) in [6, 6.07) is 6.07. The van der Waals surface area contributed by atoms with E-state index < -0.39 is 0 Å². The first kappa shape index (κ1) is 8.75. The molecule has 0 saturated heterocycles. The van der Waals surface area contributed by atoms with Crippen LogP contribution in [-0.2, 0) is 6.54 Å². The van der Waals surface area contributed by atoms with E-state index in [0.717, 1.165) is 23.3 Å². The molecule has 0 aliphatic carbocycles. The Morgan fingerprint density at radius 1 is 1.43 bits per heavy atom. The molecule has 0 aliphatic rings. The highest BCUT2D eigenvalue weighted by atomic mass is 15.0.